The van der Waals surface area contributed by atoms with Gasteiger partial charge in [-0.15, -0.1) is 0 Å². The maximum absolute atomic E-state index is 6.14. The third-order valence-corrected chi connectivity index (χ3v) is 4.61. The first-order valence-electron chi connectivity index (χ1n) is 6.96. The van der Waals surface area contributed by atoms with E-state index in [4.69, 9.17) is 17.3 Å². The average molecular weight is 278 g/mol. The standard InChI is InChI=1S/C15H20ClN3/c1-11-4-3-7-15(9-11)10-18-14(17)19(15)13-6-2-5-12(16)8-13/h2,5-6,8,11H,3-4,7,9-10H2,1H3,(H2,17,18). The van der Waals surface area contributed by atoms with Crippen LogP contribution in [0.25, 0.3) is 0 Å². The lowest BCUT2D eigenvalue weighted by molar-refractivity contribution is 0.253. The van der Waals surface area contributed by atoms with Crippen molar-refractivity contribution in [3.8, 4) is 0 Å². The molecule has 0 aromatic heterocycles. The SMILES string of the molecule is CC1CCCC2(CN=C(N)N2c2cccc(Cl)c2)C1. The van der Waals surface area contributed by atoms with Crippen LogP contribution in [-0.2, 0) is 0 Å². The fraction of sp³-hybridized carbons (Fsp3) is 0.533. The maximum atomic E-state index is 6.14. The molecule has 2 atom stereocenters. The average Bonchev–Trinajstić information content (AvgIpc) is 2.66. The molecule has 19 heavy (non-hydrogen) atoms. The molecule has 0 radical (unpaired) electrons. The highest BCUT2D eigenvalue weighted by atomic mass is 35.5. The molecule has 0 amide bonds. The van der Waals surface area contributed by atoms with Crippen molar-refractivity contribution in [1.29, 1.82) is 0 Å². The number of anilines is 1. The molecular formula is C15H20ClN3. The molecule has 0 bridgehead atoms. The Hall–Kier alpha value is -1.22. The summed E-state index contributed by atoms with van der Waals surface area (Å²) >= 11 is 6.12. The van der Waals surface area contributed by atoms with Gasteiger partial charge in [0.05, 0.1) is 12.1 Å². The van der Waals surface area contributed by atoms with Crippen molar-refractivity contribution >= 4 is 23.2 Å². The summed E-state index contributed by atoms with van der Waals surface area (Å²) in [6.07, 6.45) is 4.88. The molecule has 0 saturated heterocycles. The number of nitrogens with two attached hydrogens (primary N) is 1. The summed E-state index contributed by atoms with van der Waals surface area (Å²) in [6, 6.07) is 7.92. The highest BCUT2D eigenvalue weighted by molar-refractivity contribution is 6.31. The van der Waals surface area contributed by atoms with Crippen molar-refractivity contribution in [1.82, 2.24) is 0 Å². The molecule has 1 aliphatic carbocycles. The van der Waals surface area contributed by atoms with E-state index in [1.165, 1.54) is 12.8 Å². The summed E-state index contributed by atoms with van der Waals surface area (Å²) in [5.41, 5.74) is 7.29. The zero-order chi connectivity index (χ0) is 13.5. The van der Waals surface area contributed by atoms with Crippen LogP contribution in [0.3, 0.4) is 0 Å². The molecule has 1 spiro atoms. The smallest absolute Gasteiger partial charge is 0.196 e. The Morgan fingerprint density at radius 2 is 2.32 bits per heavy atom. The number of aliphatic imine (C=N–C) groups is 1. The van der Waals surface area contributed by atoms with Gasteiger partial charge in [0.15, 0.2) is 5.96 Å². The lowest BCUT2D eigenvalue weighted by Gasteiger charge is -2.44. The van der Waals surface area contributed by atoms with Gasteiger partial charge in [-0.25, -0.2) is 0 Å². The number of rotatable bonds is 1. The van der Waals surface area contributed by atoms with Crippen LogP contribution in [0.5, 0.6) is 0 Å². The number of nitrogens with zero attached hydrogens (tertiary/aromatic N) is 2. The summed E-state index contributed by atoms with van der Waals surface area (Å²) in [5.74, 6) is 1.37. The van der Waals surface area contributed by atoms with Gasteiger partial charge in [0, 0.05) is 10.7 Å². The zero-order valence-electron chi connectivity index (χ0n) is 11.3. The van der Waals surface area contributed by atoms with Crippen molar-refractivity contribution in [3.63, 3.8) is 0 Å². The van der Waals surface area contributed by atoms with E-state index in [1.807, 2.05) is 18.2 Å². The number of benzene rings is 1. The van der Waals surface area contributed by atoms with E-state index in [0.717, 1.165) is 36.0 Å². The maximum Gasteiger partial charge on any atom is 0.196 e. The minimum absolute atomic E-state index is 0.0758. The Kier molecular flexibility index (Phi) is 3.17. The van der Waals surface area contributed by atoms with Crippen molar-refractivity contribution in [2.45, 2.75) is 38.1 Å². The third kappa shape index (κ3) is 2.20. The van der Waals surface area contributed by atoms with E-state index >= 15 is 0 Å². The van der Waals surface area contributed by atoms with Crippen LogP contribution >= 0.6 is 11.6 Å². The molecule has 2 aliphatic rings. The van der Waals surface area contributed by atoms with Gasteiger partial charge < -0.3 is 10.6 Å². The summed E-state index contributed by atoms with van der Waals surface area (Å²) in [7, 11) is 0. The highest BCUT2D eigenvalue weighted by Gasteiger charge is 2.45. The molecular weight excluding hydrogens is 258 g/mol. The van der Waals surface area contributed by atoms with E-state index < -0.39 is 0 Å². The van der Waals surface area contributed by atoms with Gasteiger partial charge in [0.2, 0.25) is 0 Å². The Bertz CT molecular complexity index is 514. The number of hydrogen-bond acceptors (Lipinski definition) is 3. The van der Waals surface area contributed by atoms with Crippen molar-refractivity contribution in [2.24, 2.45) is 16.6 Å². The van der Waals surface area contributed by atoms with Crippen LogP contribution in [0, 0.1) is 5.92 Å². The minimum Gasteiger partial charge on any atom is -0.369 e. The molecule has 1 aromatic carbocycles. The Morgan fingerprint density at radius 1 is 1.47 bits per heavy atom. The first-order chi connectivity index (χ1) is 9.11. The lowest BCUT2D eigenvalue weighted by Crippen LogP contribution is -2.54. The molecule has 3 nitrogen and oxygen atoms in total. The predicted octanol–water partition coefficient (Wildman–Crippen LogP) is 3.42. The van der Waals surface area contributed by atoms with Crippen molar-refractivity contribution < 1.29 is 0 Å². The number of guanidine groups is 1. The van der Waals surface area contributed by atoms with E-state index in [9.17, 15) is 0 Å². The fourth-order valence-electron chi connectivity index (χ4n) is 3.61. The molecule has 3 rings (SSSR count). The largest absolute Gasteiger partial charge is 0.369 e. The zero-order valence-corrected chi connectivity index (χ0v) is 12.0. The molecule has 1 heterocycles. The molecule has 4 heteroatoms. The van der Waals surface area contributed by atoms with Gasteiger partial charge in [0.1, 0.15) is 0 Å². The van der Waals surface area contributed by atoms with Gasteiger partial charge in [-0.05, 0) is 37.0 Å². The second kappa shape index (κ2) is 4.71. The summed E-state index contributed by atoms with van der Waals surface area (Å²) in [6.45, 7) is 3.14. The van der Waals surface area contributed by atoms with Crippen LogP contribution < -0.4 is 10.6 Å². The third-order valence-electron chi connectivity index (χ3n) is 4.37. The lowest BCUT2D eigenvalue weighted by atomic mass is 9.75. The minimum atomic E-state index is 0.0758. The predicted molar refractivity (Wildman–Crippen MR) is 80.8 cm³/mol. The van der Waals surface area contributed by atoms with Crippen molar-refractivity contribution in [3.05, 3.63) is 29.3 Å². The summed E-state index contributed by atoms with van der Waals surface area (Å²) in [4.78, 5) is 6.73. The van der Waals surface area contributed by atoms with Crippen LogP contribution in [0.15, 0.2) is 29.3 Å². The molecule has 1 fully saturated rings. The number of hydrogen-bond donors (Lipinski definition) is 1. The van der Waals surface area contributed by atoms with Gasteiger partial charge in [-0.3, -0.25) is 4.99 Å². The molecule has 102 valence electrons. The van der Waals surface area contributed by atoms with E-state index in [2.05, 4.69) is 22.9 Å². The van der Waals surface area contributed by atoms with Gasteiger partial charge in [0.25, 0.3) is 0 Å². The van der Waals surface area contributed by atoms with Gasteiger partial charge in [-0.2, -0.15) is 0 Å². The summed E-state index contributed by atoms with van der Waals surface area (Å²) < 4.78 is 0. The van der Waals surface area contributed by atoms with Crippen LogP contribution in [0.2, 0.25) is 5.02 Å². The van der Waals surface area contributed by atoms with E-state index in [0.29, 0.717) is 5.96 Å². The summed E-state index contributed by atoms with van der Waals surface area (Å²) in [5, 5.41) is 0.746. The molecule has 2 unspecified atom stereocenters. The monoisotopic (exact) mass is 277 g/mol. The van der Waals surface area contributed by atoms with Crippen molar-refractivity contribution in [2.75, 3.05) is 11.4 Å². The van der Waals surface area contributed by atoms with Crippen LogP contribution in [-0.4, -0.2) is 18.0 Å². The first kappa shape index (κ1) is 12.8. The van der Waals surface area contributed by atoms with Gasteiger partial charge in [-0.1, -0.05) is 37.4 Å². The fourth-order valence-corrected chi connectivity index (χ4v) is 3.80. The Morgan fingerprint density at radius 3 is 3.05 bits per heavy atom. The first-order valence-corrected chi connectivity index (χ1v) is 7.34. The molecule has 2 N–H and O–H groups in total. The molecule has 1 aromatic rings. The Balaban J connectivity index is 1.98. The van der Waals surface area contributed by atoms with Gasteiger partial charge >= 0.3 is 0 Å². The van der Waals surface area contributed by atoms with E-state index in [1.54, 1.807) is 0 Å². The second-order valence-corrected chi connectivity index (χ2v) is 6.35. The topological polar surface area (TPSA) is 41.6 Å². The Labute approximate surface area is 119 Å². The molecule has 1 aliphatic heterocycles. The second-order valence-electron chi connectivity index (χ2n) is 5.92. The number of halogens is 1. The van der Waals surface area contributed by atoms with Crippen LogP contribution in [0.4, 0.5) is 5.69 Å². The quantitative estimate of drug-likeness (QED) is 0.854. The molecule has 1 saturated carbocycles. The highest BCUT2D eigenvalue weighted by Crippen LogP contribution is 2.42. The van der Waals surface area contributed by atoms with Crippen LogP contribution in [0.1, 0.15) is 32.6 Å². The van der Waals surface area contributed by atoms with E-state index in [-0.39, 0.29) is 5.54 Å². The normalized spacial score (nSPS) is 30.7.